The predicted molar refractivity (Wildman–Crippen MR) is 82.4 cm³/mol. The zero-order valence-corrected chi connectivity index (χ0v) is 13.8. The van der Waals surface area contributed by atoms with Crippen LogP contribution < -0.4 is 5.32 Å². The second kappa shape index (κ2) is 9.56. The van der Waals surface area contributed by atoms with E-state index in [1.165, 1.54) is 13.4 Å². The first-order chi connectivity index (χ1) is 11.4. The van der Waals surface area contributed by atoms with Gasteiger partial charge in [-0.25, -0.2) is 9.78 Å². The van der Waals surface area contributed by atoms with Crippen molar-refractivity contribution in [1.82, 2.24) is 10.3 Å². The molecule has 0 saturated heterocycles. The fraction of sp³-hybridized carbons (Fsp3) is 0.533. The summed E-state index contributed by atoms with van der Waals surface area (Å²) in [5, 5.41) is 9.38. The molecule has 1 aromatic rings. The van der Waals surface area contributed by atoms with Crippen LogP contribution in [0, 0.1) is 5.41 Å². The zero-order chi connectivity index (χ0) is 18.1. The third-order valence-electron chi connectivity index (χ3n) is 2.99. The van der Waals surface area contributed by atoms with E-state index in [1.807, 2.05) is 0 Å². The van der Waals surface area contributed by atoms with Gasteiger partial charge in [-0.15, -0.1) is 0 Å². The molecule has 0 aromatic carbocycles. The topological polar surface area (TPSA) is 132 Å². The van der Waals surface area contributed by atoms with Crippen LogP contribution in [0.2, 0.25) is 0 Å². The maximum Gasteiger partial charge on any atom is 0.328 e. The number of amides is 1. The van der Waals surface area contributed by atoms with Crippen LogP contribution in [-0.2, 0) is 23.9 Å². The van der Waals surface area contributed by atoms with Gasteiger partial charge in [0, 0.05) is 13.5 Å². The molecule has 0 unspecified atom stereocenters. The van der Waals surface area contributed by atoms with E-state index < -0.39 is 29.8 Å². The number of carbonyl (C=O) groups excluding carboxylic acids is 3. The number of oxazole rings is 1. The maximum absolute atomic E-state index is 12.3. The van der Waals surface area contributed by atoms with E-state index in [-0.39, 0.29) is 24.6 Å². The summed E-state index contributed by atoms with van der Waals surface area (Å²) in [6, 6.07) is -1.03. The summed E-state index contributed by atoms with van der Waals surface area (Å²) in [6.07, 6.45) is 1.60. The fourth-order valence-electron chi connectivity index (χ4n) is 1.88. The molecule has 0 aliphatic carbocycles. The highest BCUT2D eigenvalue weighted by Gasteiger charge is 2.29. The van der Waals surface area contributed by atoms with Crippen molar-refractivity contribution in [3.8, 4) is 0 Å². The van der Waals surface area contributed by atoms with Crippen LogP contribution in [0.15, 0.2) is 17.1 Å². The largest absolute Gasteiger partial charge is 0.461 e. The minimum absolute atomic E-state index is 0.0146. The number of Topliss-reactive ketones (excluding diaryl/α,β-unsaturated/α-hetero) is 1. The maximum atomic E-state index is 12.3. The summed E-state index contributed by atoms with van der Waals surface area (Å²) >= 11 is 0. The number of nitrogens with zero attached hydrogens (tertiary/aromatic N) is 1. The van der Waals surface area contributed by atoms with E-state index in [4.69, 9.17) is 19.3 Å². The minimum atomic E-state index is -1.06. The molecular weight excluding hydrogens is 318 g/mol. The molecule has 0 fully saturated rings. The lowest BCUT2D eigenvalue weighted by Gasteiger charge is -2.21. The van der Waals surface area contributed by atoms with E-state index in [0.29, 0.717) is 6.21 Å². The van der Waals surface area contributed by atoms with Gasteiger partial charge in [0.05, 0.1) is 12.3 Å². The van der Waals surface area contributed by atoms with Gasteiger partial charge >= 0.3 is 5.97 Å². The number of hydrogen-bond donors (Lipinski definition) is 2. The molecule has 2 N–H and O–H groups in total. The average molecular weight is 339 g/mol. The first-order valence-electron chi connectivity index (χ1n) is 7.34. The highest BCUT2D eigenvalue weighted by molar-refractivity contribution is 6.26. The van der Waals surface area contributed by atoms with E-state index in [9.17, 15) is 14.4 Å². The summed E-state index contributed by atoms with van der Waals surface area (Å²) in [7, 11) is 1.32. The van der Waals surface area contributed by atoms with Crippen LogP contribution >= 0.6 is 0 Å². The van der Waals surface area contributed by atoms with Crippen molar-refractivity contribution < 1.29 is 28.3 Å². The van der Waals surface area contributed by atoms with Gasteiger partial charge in [-0.1, -0.05) is 0 Å². The lowest BCUT2D eigenvalue weighted by molar-refractivity contribution is -0.152. The second-order valence-corrected chi connectivity index (χ2v) is 5.23. The monoisotopic (exact) mass is 339 g/mol. The van der Waals surface area contributed by atoms with Crippen LogP contribution in [-0.4, -0.2) is 48.1 Å². The van der Waals surface area contributed by atoms with Gasteiger partial charge in [0.1, 0.15) is 18.0 Å². The Balaban J connectivity index is 2.81. The highest BCUT2D eigenvalue weighted by atomic mass is 16.5. The normalized spacial score (nSPS) is 13.2. The molecule has 132 valence electrons. The molecule has 0 aliphatic rings. The van der Waals surface area contributed by atoms with Crippen molar-refractivity contribution in [3.05, 3.63) is 18.4 Å². The SMILES string of the molecule is CO[C@H](C(=O)N[C@@H](CCC(=O)C=N)C(=O)OC(C)C)c1cocn1. The molecule has 1 aromatic heterocycles. The average Bonchev–Trinajstić information content (AvgIpc) is 3.05. The van der Waals surface area contributed by atoms with Crippen molar-refractivity contribution in [2.24, 2.45) is 0 Å². The Hall–Kier alpha value is -2.55. The van der Waals surface area contributed by atoms with Gasteiger partial charge in [0.25, 0.3) is 5.91 Å². The summed E-state index contributed by atoms with van der Waals surface area (Å²) in [4.78, 5) is 39.6. The van der Waals surface area contributed by atoms with Gasteiger partial charge in [0.2, 0.25) is 0 Å². The molecule has 1 amide bonds. The number of ketones is 1. The van der Waals surface area contributed by atoms with Gasteiger partial charge in [-0.3, -0.25) is 9.59 Å². The fourth-order valence-corrected chi connectivity index (χ4v) is 1.88. The summed E-state index contributed by atoms with van der Waals surface area (Å²) in [6.45, 7) is 3.35. The summed E-state index contributed by atoms with van der Waals surface area (Å²) < 4.78 is 15.0. The number of ether oxygens (including phenoxy) is 2. The molecule has 1 rings (SSSR count). The Labute approximate surface area is 139 Å². The highest BCUT2D eigenvalue weighted by Crippen LogP contribution is 2.15. The van der Waals surface area contributed by atoms with Crippen LogP contribution in [0.4, 0.5) is 0 Å². The standard InChI is InChI=1S/C15H21N3O6/c1-9(2)24-15(21)11(5-4-10(19)6-16)18-14(20)13(22-3)12-7-23-8-17-12/h6-9,11,13,16H,4-5H2,1-3H3,(H,18,20)/t11-,13-/m0/s1. The van der Waals surface area contributed by atoms with Crippen molar-refractivity contribution in [3.63, 3.8) is 0 Å². The molecule has 1 heterocycles. The number of rotatable bonds is 10. The molecule has 9 nitrogen and oxygen atoms in total. The Morgan fingerprint density at radius 2 is 2.12 bits per heavy atom. The van der Waals surface area contributed by atoms with Crippen molar-refractivity contribution in [2.75, 3.05) is 7.11 Å². The number of methoxy groups -OCH3 is 1. The van der Waals surface area contributed by atoms with Crippen molar-refractivity contribution in [2.45, 2.75) is 44.9 Å². The Bertz CT molecular complexity index is 570. The Kier molecular flexibility index (Phi) is 7.76. The molecule has 0 radical (unpaired) electrons. The predicted octanol–water partition coefficient (Wildman–Crippen LogP) is 0.797. The first kappa shape index (κ1) is 19.5. The number of carbonyl (C=O) groups is 3. The van der Waals surface area contributed by atoms with Gasteiger partial charge in [-0.05, 0) is 20.3 Å². The quantitative estimate of drug-likeness (QED) is 0.476. The Morgan fingerprint density at radius 3 is 2.62 bits per heavy atom. The van der Waals surface area contributed by atoms with Crippen molar-refractivity contribution in [1.29, 1.82) is 5.41 Å². The molecule has 24 heavy (non-hydrogen) atoms. The van der Waals surface area contributed by atoms with Gasteiger partial charge < -0.3 is 24.6 Å². The molecular formula is C15H21N3O6. The molecule has 0 bridgehead atoms. The van der Waals surface area contributed by atoms with Crippen LogP contribution in [0.25, 0.3) is 0 Å². The van der Waals surface area contributed by atoms with Crippen LogP contribution in [0.5, 0.6) is 0 Å². The Morgan fingerprint density at radius 1 is 1.42 bits per heavy atom. The summed E-state index contributed by atoms with van der Waals surface area (Å²) in [5.74, 6) is -1.73. The zero-order valence-electron chi connectivity index (χ0n) is 13.8. The molecule has 0 aliphatic heterocycles. The lowest BCUT2D eigenvalue weighted by atomic mass is 10.1. The summed E-state index contributed by atoms with van der Waals surface area (Å²) in [5.41, 5.74) is 0.251. The lowest BCUT2D eigenvalue weighted by Crippen LogP contribution is -2.45. The van der Waals surface area contributed by atoms with E-state index in [0.717, 1.165) is 6.39 Å². The molecule has 0 spiro atoms. The first-order valence-corrected chi connectivity index (χ1v) is 7.34. The number of aromatic nitrogens is 1. The van der Waals surface area contributed by atoms with Crippen molar-refractivity contribution >= 4 is 23.9 Å². The van der Waals surface area contributed by atoms with Gasteiger partial charge in [-0.2, -0.15) is 0 Å². The number of hydrogen-bond acceptors (Lipinski definition) is 8. The minimum Gasteiger partial charge on any atom is -0.461 e. The molecule has 2 atom stereocenters. The molecule has 9 heteroatoms. The third-order valence-corrected chi connectivity index (χ3v) is 2.99. The van der Waals surface area contributed by atoms with E-state index >= 15 is 0 Å². The number of nitrogens with one attached hydrogen (secondary N) is 2. The number of esters is 1. The third kappa shape index (κ3) is 5.92. The van der Waals surface area contributed by atoms with Gasteiger partial charge in [0.15, 0.2) is 18.3 Å². The molecule has 0 saturated carbocycles. The van der Waals surface area contributed by atoms with Crippen LogP contribution in [0.1, 0.15) is 38.5 Å². The van der Waals surface area contributed by atoms with Crippen LogP contribution in [0.3, 0.4) is 0 Å². The second-order valence-electron chi connectivity index (χ2n) is 5.23. The smallest absolute Gasteiger partial charge is 0.328 e. The van der Waals surface area contributed by atoms with E-state index in [1.54, 1.807) is 13.8 Å². The van der Waals surface area contributed by atoms with E-state index in [2.05, 4.69) is 10.3 Å².